The van der Waals surface area contributed by atoms with E-state index >= 15 is 0 Å². The first-order valence-electron chi connectivity index (χ1n) is 6.87. The Morgan fingerprint density at radius 1 is 1.30 bits per heavy atom. The molecule has 0 aromatic heterocycles. The summed E-state index contributed by atoms with van der Waals surface area (Å²) in [6.45, 7) is 6.88. The lowest BCUT2D eigenvalue weighted by Gasteiger charge is -2.14. The minimum atomic E-state index is -3.52. The number of hydrogen-bond acceptors (Lipinski definition) is 4. The van der Waals surface area contributed by atoms with E-state index in [1.165, 1.54) is 0 Å². The van der Waals surface area contributed by atoms with Gasteiger partial charge in [0.25, 0.3) is 0 Å². The molecule has 0 radical (unpaired) electrons. The van der Waals surface area contributed by atoms with Crippen molar-refractivity contribution >= 4 is 10.0 Å². The highest BCUT2D eigenvalue weighted by Gasteiger charge is 2.16. The molecule has 3 N–H and O–H groups in total. The molecule has 1 unspecified atom stereocenters. The van der Waals surface area contributed by atoms with Gasteiger partial charge >= 0.3 is 0 Å². The molecule has 0 saturated carbocycles. The van der Waals surface area contributed by atoms with Crippen LogP contribution in [-0.2, 0) is 27.7 Å². The van der Waals surface area contributed by atoms with Crippen LogP contribution in [0.2, 0.25) is 0 Å². The fraction of sp³-hybridized carbons (Fsp3) is 0.571. The summed E-state index contributed by atoms with van der Waals surface area (Å²) < 4.78 is 32.3. The Labute approximate surface area is 121 Å². The van der Waals surface area contributed by atoms with Crippen molar-refractivity contribution in [3.05, 3.63) is 29.3 Å². The van der Waals surface area contributed by atoms with Crippen LogP contribution in [0.1, 0.15) is 31.9 Å². The van der Waals surface area contributed by atoms with E-state index in [2.05, 4.69) is 4.72 Å². The van der Waals surface area contributed by atoms with Crippen LogP contribution in [0.15, 0.2) is 23.1 Å². The van der Waals surface area contributed by atoms with Crippen LogP contribution in [0.3, 0.4) is 0 Å². The lowest BCUT2D eigenvalue weighted by Crippen LogP contribution is -2.32. The molecule has 6 heteroatoms. The molecule has 0 saturated heterocycles. The molecule has 0 spiro atoms. The van der Waals surface area contributed by atoms with Gasteiger partial charge in [-0.2, -0.15) is 0 Å². The summed E-state index contributed by atoms with van der Waals surface area (Å²) in [5.41, 5.74) is 7.61. The van der Waals surface area contributed by atoms with Crippen LogP contribution in [0.5, 0.6) is 0 Å². The molecule has 0 aliphatic carbocycles. The van der Waals surface area contributed by atoms with E-state index < -0.39 is 10.0 Å². The van der Waals surface area contributed by atoms with Gasteiger partial charge in [0, 0.05) is 19.7 Å². The van der Waals surface area contributed by atoms with Crippen molar-refractivity contribution in [2.75, 3.05) is 13.2 Å². The third-order valence-corrected chi connectivity index (χ3v) is 4.52. The molecule has 0 aliphatic heterocycles. The minimum Gasteiger partial charge on any atom is -0.377 e. The number of benzene rings is 1. The average Bonchev–Trinajstić information content (AvgIpc) is 2.44. The normalized spacial score (nSPS) is 13.4. The molecule has 1 rings (SSSR count). The van der Waals surface area contributed by atoms with E-state index in [1.54, 1.807) is 12.1 Å². The van der Waals surface area contributed by atoms with Crippen molar-refractivity contribution in [2.24, 2.45) is 5.73 Å². The maximum Gasteiger partial charge on any atom is 0.240 e. The van der Waals surface area contributed by atoms with Crippen LogP contribution < -0.4 is 10.5 Å². The van der Waals surface area contributed by atoms with Gasteiger partial charge in [0.2, 0.25) is 10.0 Å². The summed E-state index contributed by atoms with van der Waals surface area (Å²) >= 11 is 0. The summed E-state index contributed by atoms with van der Waals surface area (Å²) in [5.74, 6) is 0. The van der Waals surface area contributed by atoms with E-state index in [0.717, 1.165) is 17.5 Å². The fourth-order valence-corrected chi connectivity index (χ4v) is 3.12. The van der Waals surface area contributed by atoms with Crippen LogP contribution in [-0.4, -0.2) is 27.7 Å². The van der Waals surface area contributed by atoms with Crippen molar-refractivity contribution in [1.29, 1.82) is 0 Å². The van der Waals surface area contributed by atoms with Gasteiger partial charge < -0.3 is 10.5 Å². The number of hydrogen-bond donors (Lipinski definition) is 2. The van der Waals surface area contributed by atoms with Crippen molar-refractivity contribution < 1.29 is 13.2 Å². The first kappa shape index (κ1) is 17.1. The van der Waals surface area contributed by atoms with Gasteiger partial charge in [-0.05, 0) is 43.5 Å². The zero-order valence-electron chi connectivity index (χ0n) is 12.3. The maximum atomic E-state index is 12.2. The number of nitrogens with one attached hydrogen (secondary N) is 1. The first-order chi connectivity index (χ1) is 9.44. The molecule has 1 aromatic carbocycles. The number of nitrogens with two attached hydrogens (primary N) is 1. The van der Waals surface area contributed by atoms with Gasteiger partial charge in [0.15, 0.2) is 0 Å². The van der Waals surface area contributed by atoms with Crippen molar-refractivity contribution in [3.63, 3.8) is 0 Å². The Balaban J connectivity index is 2.87. The lowest BCUT2D eigenvalue weighted by molar-refractivity contribution is 0.0799. The Kier molecular flexibility index (Phi) is 6.61. The topological polar surface area (TPSA) is 81.4 Å². The first-order valence-corrected chi connectivity index (χ1v) is 8.36. The molecular formula is C14H24N2O3S. The maximum absolute atomic E-state index is 12.2. The predicted octanol–water partition coefficient (Wildman–Crippen LogP) is 1.41. The standard InChI is InChI=1S/C14H24N2O3S/c1-4-12-6-7-14(8-13(12)9-15)20(17,18)16-10-11(3)19-5-2/h6-8,11,16H,4-5,9-10,15H2,1-3H3. The summed E-state index contributed by atoms with van der Waals surface area (Å²) in [5, 5.41) is 0. The molecule has 0 fully saturated rings. The molecule has 0 heterocycles. The van der Waals surface area contributed by atoms with Crippen LogP contribution in [0, 0.1) is 0 Å². The third-order valence-electron chi connectivity index (χ3n) is 3.10. The second-order valence-corrected chi connectivity index (χ2v) is 6.37. The Hall–Kier alpha value is -0.950. The Morgan fingerprint density at radius 3 is 2.55 bits per heavy atom. The highest BCUT2D eigenvalue weighted by atomic mass is 32.2. The van der Waals surface area contributed by atoms with Crippen molar-refractivity contribution in [3.8, 4) is 0 Å². The Morgan fingerprint density at radius 2 is 2.00 bits per heavy atom. The molecule has 20 heavy (non-hydrogen) atoms. The van der Waals surface area contributed by atoms with E-state index in [4.69, 9.17) is 10.5 Å². The van der Waals surface area contributed by atoms with E-state index in [1.807, 2.05) is 26.8 Å². The molecule has 1 atom stereocenters. The molecular weight excluding hydrogens is 276 g/mol. The summed E-state index contributed by atoms with van der Waals surface area (Å²) in [6.07, 6.45) is 0.681. The second kappa shape index (κ2) is 7.73. The number of sulfonamides is 1. The van der Waals surface area contributed by atoms with Crippen LogP contribution in [0.4, 0.5) is 0 Å². The monoisotopic (exact) mass is 300 g/mol. The van der Waals surface area contributed by atoms with Gasteiger partial charge in [0.05, 0.1) is 11.0 Å². The number of ether oxygens (including phenoxy) is 1. The quantitative estimate of drug-likeness (QED) is 0.760. The van der Waals surface area contributed by atoms with E-state index in [0.29, 0.717) is 13.2 Å². The zero-order chi connectivity index (χ0) is 15.2. The van der Waals surface area contributed by atoms with Gasteiger partial charge in [-0.3, -0.25) is 0 Å². The minimum absolute atomic E-state index is 0.154. The van der Waals surface area contributed by atoms with Gasteiger partial charge in [0.1, 0.15) is 0 Å². The third kappa shape index (κ3) is 4.56. The Bertz CT molecular complexity index is 529. The average molecular weight is 300 g/mol. The smallest absolute Gasteiger partial charge is 0.240 e. The van der Waals surface area contributed by atoms with E-state index in [-0.39, 0.29) is 17.5 Å². The van der Waals surface area contributed by atoms with Crippen LogP contribution >= 0.6 is 0 Å². The van der Waals surface area contributed by atoms with Crippen molar-refractivity contribution in [1.82, 2.24) is 4.72 Å². The van der Waals surface area contributed by atoms with Gasteiger partial charge in [-0.15, -0.1) is 0 Å². The molecule has 0 aliphatic rings. The summed E-state index contributed by atoms with van der Waals surface area (Å²) in [7, 11) is -3.52. The molecule has 0 amide bonds. The molecule has 5 nitrogen and oxygen atoms in total. The predicted molar refractivity (Wildman–Crippen MR) is 80.0 cm³/mol. The van der Waals surface area contributed by atoms with Gasteiger partial charge in [-0.1, -0.05) is 13.0 Å². The molecule has 0 bridgehead atoms. The molecule has 1 aromatic rings. The zero-order valence-corrected chi connectivity index (χ0v) is 13.2. The SMILES string of the molecule is CCOC(C)CNS(=O)(=O)c1ccc(CC)c(CN)c1. The summed E-state index contributed by atoms with van der Waals surface area (Å²) in [6, 6.07) is 5.08. The largest absolute Gasteiger partial charge is 0.377 e. The lowest BCUT2D eigenvalue weighted by atomic mass is 10.1. The fourth-order valence-electron chi connectivity index (χ4n) is 1.96. The second-order valence-electron chi connectivity index (χ2n) is 4.61. The molecule has 114 valence electrons. The highest BCUT2D eigenvalue weighted by molar-refractivity contribution is 7.89. The van der Waals surface area contributed by atoms with Crippen molar-refractivity contribution in [2.45, 2.75) is 44.7 Å². The van der Waals surface area contributed by atoms with Crippen LogP contribution in [0.25, 0.3) is 0 Å². The number of aryl methyl sites for hydroxylation is 1. The van der Waals surface area contributed by atoms with Gasteiger partial charge in [-0.25, -0.2) is 13.1 Å². The highest BCUT2D eigenvalue weighted by Crippen LogP contribution is 2.16. The number of rotatable bonds is 8. The summed E-state index contributed by atoms with van der Waals surface area (Å²) in [4.78, 5) is 0.249. The van der Waals surface area contributed by atoms with E-state index in [9.17, 15) is 8.42 Å².